The van der Waals surface area contributed by atoms with Crippen LogP contribution in [-0.4, -0.2) is 75.4 Å². The Balaban J connectivity index is 1.36. The van der Waals surface area contributed by atoms with E-state index in [2.05, 4.69) is 15.4 Å². The Kier molecular flexibility index (Phi) is 6.69. The highest BCUT2D eigenvalue weighted by atomic mass is 19.4. The Hall–Kier alpha value is -3.08. The second-order valence-corrected chi connectivity index (χ2v) is 9.40. The van der Waals surface area contributed by atoms with Crippen LogP contribution in [0.15, 0.2) is 35.1 Å². The number of halogens is 3. The molecule has 1 fully saturated rings. The molecule has 7 radical (unpaired) electrons. The molecule has 3 aromatic rings. The van der Waals surface area contributed by atoms with Crippen LogP contribution in [0.1, 0.15) is 29.8 Å². The normalized spacial score (nSPS) is 21.3. The molecular formula is C23H20B4F3N4O4. The van der Waals surface area contributed by atoms with Gasteiger partial charge in [-0.05, 0) is 62.9 Å². The monoisotopic (exact) mass is 517 g/mol. The van der Waals surface area contributed by atoms with Crippen molar-refractivity contribution in [3.63, 3.8) is 0 Å². The molecule has 8 nitrogen and oxygen atoms in total. The van der Waals surface area contributed by atoms with E-state index in [1.54, 1.807) is 25.1 Å². The molecule has 0 bridgehead atoms. The summed E-state index contributed by atoms with van der Waals surface area (Å²) in [6.45, 7) is 3.36. The van der Waals surface area contributed by atoms with Crippen LogP contribution in [0.3, 0.4) is 0 Å². The zero-order valence-corrected chi connectivity index (χ0v) is 20.4. The largest absolute Gasteiger partial charge is 0.501 e. The molecule has 1 saturated heterocycles. The van der Waals surface area contributed by atoms with Gasteiger partial charge in [0.15, 0.2) is 30.1 Å². The van der Waals surface area contributed by atoms with Gasteiger partial charge in [-0.25, -0.2) is 4.98 Å². The number of alkyl halides is 3. The molecule has 0 saturated carbocycles. The van der Waals surface area contributed by atoms with Crippen molar-refractivity contribution in [1.29, 1.82) is 0 Å². The molecule has 1 unspecified atom stereocenters. The van der Waals surface area contributed by atoms with Gasteiger partial charge in [-0.15, -0.1) is 0 Å². The molecule has 4 heterocycles. The summed E-state index contributed by atoms with van der Waals surface area (Å²) in [5.74, 6) is 1.12. The maximum Gasteiger partial charge on any atom is 0.433 e. The Labute approximate surface area is 221 Å². The first-order chi connectivity index (χ1) is 17.8. The summed E-state index contributed by atoms with van der Waals surface area (Å²) in [6.07, 6.45) is -2.94. The number of rotatable bonds is 5. The van der Waals surface area contributed by atoms with Crippen LogP contribution in [0.5, 0.6) is 17.2 Å². The third-order valence-electron chi connectivity index (χ3n) is 6.50. The summed E-state index contributed by atoms with van der Waals surface area (Å²) in [6, 6.07) is 6.71. The number of aryl methyl sites for hydroxylation is 1. The van der Waals surface area contributed by atoms with E-state index in [0.29, 0.717) is 23.1 Å². The molecule has 0 spiro atoms. The van der Waals surface area contributed by atoms with E-state index in [-0.39, 0.29) is 29.6 Å². The van der Waals surface area contributed by atoms with Gasteiger partial charge in [-0.1, -0.05) is 0 Å². The van der Waals surface area contributed by atoms with Crippen molar-refractivity contribution >= 4 is 36.5 Å². The van der Waals surface area contributed by atoms with E-state index in [1.165, 1.54) is 13.3 Å². The first-order valence-corrected chi connectivity index (χ1v) is 11.9. The summed E-state index contributed by atoms with van der Waals surface area (Å²) < 4.78 is 57.7. The lowest BCUT2D eigenvalue weighted by Gasteiger charge is -2.50. The highest BCUT2D eigenvalue weighted by Crippen LogP contribution is 2.42. The molecule has 0 aliphatic carbocycles. The van der Waals surface area contributed by atoms with E-state index >= 15 is 0 Å². The Morgan fingerprint density at radius 3 is 2.61 bits per heavy atom. The predicted molar refractivity (Wildman–Crippen MR) is 135 cm³/mol. The summed E-state index contributed by atoms with van der Waals surface area (Å²) >= 11 is 0. The predicted octanol–water partition coefficient (Wildman–Crippen LogP) is 1.04. The zero-order valence-electron chi connectivity index (χ0n) is 20.4. The summed E-state index contributed by atoms with van der Waals surface area (Å²) in [7, 11) is 20.3. The van der Waals surface area contributed by atoms with Crippen LogP contribution in [0.2, 0.25) is 0 Å². The van der Waals surface area contributed by atoms with Crippen LogP contribution in [0, 0.1) is 6.92 Å². The number of nitrogens with zero attached hydrogens (tertiary/aromatic N) is 3. The fraction of sp³-hybridized carbons (Fsp3) is 0.435. The minimum atomic E-state index is -4.76. The second-order valence-electron chi connectivity index (χ2n) is 9.40. The van der Waals surface area contributed by atoms with Crippen LogP contribution in [0.25, 0.3) is 5.65 Å². The van der Waals surface area contributed by atoms with Gasteiger partial charge in [0.05, 0.1) is 11.1 Å². The second kappa shape index (κ2) is 9.59. The number of hydrogen-bond donors (Lipinski definition) is 1. The first kappa shape index (κ1) is 26.5. The number of nitrogens with one attached hydrogen (secondary N) is 1. The van der Waals surface area contributed by atoms with Crippen molar-refractivity contribution in [2.75, 3.05) is 13.1 Å². The van der Waals surface area contributed by atoms with Gasteiger partial charge < -0.3 is 19.5 Å². The minimum Gasteiger partial charge on any atom is -0.501 e. The molecule has 1 N–H and O–H groups in total. The lowest BCUT2D eigenvalue weighted by Crippen LogP contribution is -2.68. The highest BCUT2D eigenvalue weighted by Gasteiger charge is 2.47. The summed E-state index contributed by atoms with van der Waals surface area (Å²) in [5, 5.41) is 3.61. The lowest BCUT2D eigenvalue weighted by atomic mass is 9.33. The van der Waals surface area contributed by atoms with Gasteiger partial charge in [0.25, 0.3) is 5.56 Å². The maximum absolute atomic E-state index is 13.0. The van der Waals surface area contributed by atoms with Crippen molar-refractivity contribution in [3.8, 4) is 17.2 Å². The molecule has 1 atom stereocenters. The number of ether oxygens (including phenoxy) is 3. The van der Waals surface area contributed by atoms with E-state index < -0.39 is 28.2 Å². The number of aromatic nitrogens is 3. The lowest BCUT2D eigenvalue weighted by molar-refractivity contribution is -0.141. The number of fused-ring (bicyclic) bond motifs is 2. The van der Waals surface area contributed by atoms with Crippen LogP contribution in [0.4, 0.5) is 13.2 Å². The van der Waals surface area contributed by atoms with Crippen LogP contribution >= 0.6 is 0 Å². The molecule has 5 rings (SSSR count). The fourth-order valence-corrected chi connectivity index (χ4v) is 4.32. The standard InChI is InChI=1S/C23H20B4F3N4O4/c1-12-8-19-32-18(21(28,29)30)10-20(35)34(19)33-15(12)11-27-23(26)22(24,25)37-17-9-14(2-3-16(17)38-23)36-13-4-6-31-7-5-13/h2-3,8-10,13,31H,4-7,11H2,1H3. The van der Waals surface area contributed by atoms with E-state index in [4.69, 9.17) is 37.7 Å². The molecule has 2 aliphatic rings. The molecule has 15 heteroatoms. The molecule has 0 amide bonds. The van der Waals surface area contributed by atoms with Crippen molar-refractivity contribution in [2.24, 2.45) is 0 Å². The van der Waals surface area contributed by atoms with Gasteiger partial charge in [-0.3, -0.25) is 4.79 Å². The Morgan fingerprint density at radius 2 is 1.89 bits per heavy atom. The SMILES string of the molecule is [B]C1([B])Oc2cc(OC3CCNCC3)ccc2OC1([B])[B]Cc1nn2c(=O)cc(C(F)(F)F)nc2cc1C. The van der Waals surface area contributed by atoms with Gasteiger partial charge >= 0.3 is 6.18 Å². The zero-order chi connectivity index (χ0) is 27.3. The van der Waals surface area contributed by atoms with Gasteiger partial charge in [0.1, 0.15) is 35.4 Å². The number of benzene rings is 1. The molecule has 2 aliphatic heterocycles. The van der Waals surface area contributed by atoms with Gasteiger partial charge in [0, 0.05) is 17.5 Å². The van der Waals surface area contributed by atoms with Gasteiger partial charge in [-0.2, -0.15) is 22.8 Å². The van der Waals surface area contributed by atoms with E-state index in [1.807, 2.05) is 0 Å². The third-order valence-corrected chi connectivity index (χ3v) is 6.50. The summed E-state index contributed by atoms with van der Waals surface area (Å²) in [4.78, 5) is 15.8. The molecular weight excluding hydrogens is 497 g/mol. The first-order valence-electron chi connectivity index (χ1n) is 11.9. The molecule has 1 aromatic carbocycles. The highest BCUT2D eigenvalue weighted by molar-refractivity contribution is 6.61. The minimum absolute atomic E-state index is 0.00249. The van der Waals surface area contributed by atoms with Crippen LogP contribution < -0.4 is 25.1 Å². The van der Waals surface area contributed by atoms with E-state index in [0.717, 1.165) is 30.4 Å². The fourth-order valence-electron chi connectivity index (χ4n) is 4.32. The quantitative estimate of drug-likeness (QED) is 0.507. The average molecular weight is 517 g/mol. The van der Waals surface area contributed by atoms with Crippen molar-refractivity contribution in [2.45, 2.75) is 49.2 Å². The smallest absolute Gasteiger partial charge is 0.433 e. The summed E-state index contributed by atoms with van der Waals surface area (Å²) in [5.41, 5.74) is -1.73. The maximum atomic E-state index is 13.0. The average Bonchev–Trinajstić information content (AvgIpc) is 2.83. The van der Waals surface area contributed by atoms with Crippen molar-refractivity contribution in [1.82, 2.24) is 19.9 Å². The number of piperidine rings is 1. The Bertz CT molecular complexity index is 1430. The molecule has 38 heavy (non-hydrogen) atoms. The number of hydrogen-bond acceptors (Lipinski definition) is 7. The van der Waals surface area contributed by atoms with Crippen molar-refractivity contribution < 1.29 is 27.4 Å². The topological polar surface area (TPSA) is 87.0 Å². The van der Waals surface area contributed by atoms with Crippen molar-refractivity contribution in [3.05, 3.63) is 57.6 Å². The Morgan fingerprint density at radius 1 is 1.16 bits per heavy atom. The van der Waals surface area contributed by atoms with Gasteiger partial charge in [0.2, 0.25) is 0 Å². The molecule has 2 aromatic heterocycles. The van der Waals surface area contributed by atoms with E-state index in [9.17, 15) is 18.0 Å². The molecule has 189 valence electrons. The third kappa shape index (κ3) is 5.12. The van der Waals surface area contributed by atoms with Crippen LogP contribution in [-0.2, 0) is 12.5 Å².